The van der Waals surface area contributed by atoms with Crippen LogP contribution >= 0.6 is 0 Å². The van der Waals surface area contributed by atoms with E-state index < -0.39 is 0 Å². The smallest absolute Gasteiger partial charge is 0.166 e. The Morgan fingerprint density at radius 1 is 1.36 bits per heavy atom. The summed E-state index contributed by atoms with van der Waals surface area (Å²) in [5.41, 5.74) is 7.09. The molecule has 0 spiro atoms. The van der Waals surface area contributed by atoms with Crippen LogP contribution in [-0.2, 0) is 6.67 Å². The first-order chi connectivity index (χ1) is 6.74. The van der Waals surface area contributed by atoms with Crippen molar-refractivity contribution in [1.82, 2.24) is 19.5 Å². The van der Waals surface area contributed by atoms with Gasteiger partial charge in [-0.15, -0.1) is 0 Å². The van der Waals surface area contributed by atoms with Crippen molar-refractivity contribution in [3.05, 3.63) is 12.7 Å². The van der Waals surface area contributed by atoms with Crippen molar-refractivity contribution in [3.63, 3.8) is 0 Å². The number of aromatic nitrogens is 4. The summed E-state index contributed by atoms with van der Waals surface area (Å²) >= 11 is 0. The molecule has 2 N–H and O–H groups in total. The number of imidazole rings is 1. The van der Waals surface area contributed by atoms with Crippen LogP contribution in [0, 0.1) is 0 Å². The SMILES string of the molecule is CN(C)c1ncnc2c1ncn2CN. The van der Waals surface area contributed by atoms with E-state index in [1.807, 2.05) is 19.0 Å². The number of rotatable bonds is 2. The molecular formula is C8H12N6. The summed E-state index contributed by atoms with van der Waals surface area (Å²) in [4.78, 5) is 14.4. The molecule has 2 rings (SSSR count). The summed E-state index contributed by atoms with van der Waals surface area (Å²) in [5.74, 6) is 0.808. The molecule has 14 heavy (non-hydrogen) atoms. The minimum absolute atomic E-state index is 0.375. The van der Waals surface area contributed by atoms with E-state index in [4.69, 9.17) is 5.73 Å². The van der Waals surface area contributed by atoms with E-state index in [1.165, 1.54) is 6.33 Å². The van der Waals surface area contributed by atoms with Crippen LogP contribution in [-0.4, -0.2) is 33.6 Å². The van der Waals surface area contributed by atoms with Gasteiger partial charge in [0.25, 0.3) is 0 Å². The second-order valence-electron chi connectivity index (χ2n) is 3.16. The highest BCUT2D eigenvalue weighted by molar-refractivity contribution is 5.82. The lowest BCUT2D eigenvalue weighted by molar-refractivity contribution is 0.746. The van der Waals surface area contributed by atoms with Gasteiger partial charge in [-0.05, 0) is 0 Å². The van der Waals surface area contributed by atoms with Crippen molar-refractivity contribution in [2.45, 2.75) is 6.67 Å². The largest absolute Gasteiger partial charge is 0.361 e. The molecule has 0 aromatic carbocycles. The second-order valence-corrected chi connectivity index (χ2v) is 3.16. The monoisotopic (exact) mass is 192 g/mol. The third-order valence-corrected chi connectivity index (χ3v) is 2.00. The molecule has 2 heterocycles. The van der Waals surface area contributed by atoms with Crippen molar-refractivity contribution in [1.29, 1.82) is 0 Å². The zero-order valence-electron chi connectivity index (χ0n) is 8.18. The minimum Gasteiger partial charge on any atom is -0.361 e. The van der Waals surface area contributed by atoms with E-state index >= 15 is 0 Å². The average molecular weight is 192 g/mol. The highest BCUT2D eigenvalue weighted by Crippen LogP contribution is 2.18. The zero-order valence-corrected chi connectivity index (χ0v) is 8.18. The molecule has 6 nitrogen and oxygen atoms in total. The fourth-order valence-corrected chi connectivity index (χ4v) is 1.33. The fraction of sp³-hybridized carbons (Fsp3) is 0.375. The maximum atomic E-state index is 5.54. The van der Waals surface area contributed by atoms with Gasteiger partial charge in [0.2, 0.25) is 0 Å². The van der Waals surface area contributed by atoms with Crippen molar-refractivity contribution >= 4 is 17.0 Å². The molecule has 2 aromatic heterocycles. The Hall–Kier alpha value is -1.69. The highest BCUT2D eigenvalue weighted by Gasteiger charge is 2.09. The Morgan fingerprint density at radius 3 is 2.79 bits per heavy atom. The number of anilines is 1. The van der Waals surface area contributed by atoms with Gasteiger partial charge in [0, 0.05) is 14.1 Å². The van der Waals surface area contributed by atoms with Gasteiger partial charge in [0.1, 0.15) is 6.33 Å². The van der Waals surface area contributed by atoms with Gasteiger partial charge < -0.3 is 15.2 Å². The second kappa shape index (κ2) is 3.22. The summed E-state index contributed by atoms with van der Waals surface area (Å²) < 4.78 is 1.78. The third kappa shape index (κ3) is 1.20. The molecule has 0 unspecified atom stereocenters. The third-order valence-electron chi connectivity index (χ3n) is 2.00. The first-order valence-electron chi connectivity index (χ1n) is 4.27. The lowest BCUT2D eigenvalue weighted by Crippen LogP contribution is -2.12. The molecule has 0 saturated heterocycles. The summed E-state index contributed by atoms with van der Waals surface area (Å²) in [6, 6.07) is 0. The van der Waals surface area contributed by atoms with Crippen molar-refractivity contribution in [2.75, 3.05) is 19.0 Å². The Balaban J connectivity index is 2.70. The van der Waals surface area contributed by atoms with Gasteiger partial charge in [-0.3, -0.25) is 0 Å². The Labute approximate surface area is 81.4 Å². The number of hydrogen-bond acceptors (Lipinski definition) is 5. The summed E-state index contributed by atoms with van der Waals surface area (Å²) in [7, 11) is 3.84. The number of hydrogen-bond donors (Lipinski definition) is 1. The molecule has 0 aliphatic carbocycles. The van der Waals surface area contributed by atoms with Crippen LogP contribution in [0.1, 0.15) is 0 Å². The van der Waals surface area contributed by atoms with E-state index in [-0.39, 0.29) is 0 Å². The van der Waals surface area contributed by atoms with E-state index in [1.54, 1.807) is 10.9 Å². The maximum absolute atomic E-state index is 5.54. The Bertz CT molecular complexity index is 446. The zero-order chi connectivity index (χ0) is 10.1. The van der Waals surface area contributed by atoms with Crippen LogP contribution in [0.15, 0.2) is 12.7 Å². The fourth-order valence-electron chi connectivity index (χ4n) is 1.33. The lowest BCUT2D eigenvalue weighted by atomic mass is 10.4. The molecule has 74 valence electrons. The topological polar surface area (TPSA) is 72.9 Å². The molecule has 0 amide bonds. The van der Waals surface area contributed by atoms with Crippen LogP contribution < -0.4 is 10.6 Å². The standard InChI is InChI=1S/C8H12N6/c1-13(2)7-6-8(11-4-10-7)14(3-9)5-12-6/h4-5H,3,9H2,1-2H3. The predicted octanol–water partition coefficient (Wildman–Crippen LogP) is -0.191. The molecule has 0 bridgehead atoms. The van der Waals surface area contributed by atoms with E-state index in [2.05, 4.69) is 15.0 Å². The van der Waals surface area contributed by atoms with Crippen LogP contribution in [0.25, 0.3) is 11.2 Å². The molecule has 0 saturated carbocycles. The van der Waals surface area contributed by atoms with Gasteiger partial charge >= 0.3 is 0 Å². The van der Waals surface area contributed by atoms with E-state index in [0.29, 0.717) is 6.67 Å². The summed E-state index contributed by atoms with van der Waals surface area (Å²) in [5, 5.41) is 0. The van der Waals surface area contributed by atoms with E-state index in [0.717, 1.165) is 17.0 Å². The van der Waals surface area contributed by atoms with Crippen LogP contribution in [0.4, 0.5) is 5.82 Å². The first-order valence-corrected chi connectivity index (χ1v) is 4.27. The van der Waals surface area contributed by atoms with Crippen LogP contribution in [0.2, 0.25) is 0 Å². The maximum Gasteiger partial charge on any atom is 0.166 e. The highest BCUT2D eigenvalue weighted by atomic mass is 15.2. The number of nitrogens with zero attached hydrogens (tertiary/aromatic N) is 5. The first kappa shape index (κ1) is 8.89. The van der Waals surface area contributed by atoms with Gasteiger partial charge in [0.05, 0.1) is 13.0 Å². The molecule has 0 atom stereocenters. The van der Waals surface area contributed by atoms with E-state index in [9.17, 15) is 0 Å². The summed E-state index contributed by atoms with van der Waals surface area (Å²) in [6.45, 7) is 0.375. The molecule has 0 radical (unpaired) electrons. The number of nitrogens with two attached hydrogens (primary N) is 1. The molecule has 0 fully saturated rings. The van der Waals surface area contributed by atoms with Crippen LogP contribution in [0.5, 0.6) is 0 Å². The van der Waals surface area contributed by atoms with Gasteiger partial charge in [-0.2, -0.15) is 0 Å². The normalized spacial score (nSPS) is 10.8. The van der Waals surface area contributed by atoms with Crippen LogP contribution in [0.3, 0.4) is 0 Å². The van der Waals surface area contributed by atoms with Crippen molar-refractivity contribution in [3.8, 4) is 0 Å². The Kier molecular flexibility index (Phi) is 2.05. The molecule has 0 aliphatic heterocycles. The van der Waals surface area contributed by atoms with Crippen molar-refractivity contribution < 1.29 is 0 Å². The molecular weight excluding hydrogens is 180 g/mol. The molecule has 0 aliphatic rings. The summed E-state index contributed by atoms with van der Waals surface area (Å²) in [6.07, 6.45) is 3.19. The van der Waals surface area contributed by atoms with Gasteiger partial charge in [-0.25, -0.2) is 15.0 Å². The molecule has 6 heteroatoms. The molecule has 2 aromatic rings. The van der Waals surface area contributed by atoms with Gasteiger partial charge in [0.15, 0.2) is 17.0 Å². The minimum atomic E-state index is 0.375. The Morgan fingerprint density at radius 2 is 2.14 bits per heavy atom. The van der Waals surface area contributed by atoms with Crippen molar-refractivity contribution in [2.24, 2.45) is 5.73 Å². The average Bonchev–Trinajstić information content (AvgIpc) is 2.59. The quantitative estimate of drug-likeness (QED) is 0.713. The predicted molar refractivity (Wildman–Crippen MR) is 53.8 cm³/mol. The number of fused-ring (bicyclic) bond motifs is 1. The van der Waals surface area contributed by atoms with Gasteiger partial charge in [-0.1, -0.05) is 0 Å². The lowest BCUT2D eigenvalue weighted by Gasteiger charge is -2.10.